The van der Waals surface area contributed by atoms with Gasteiger partial charge in [-0.05, 0) is 24.3 Å². The van der Waals surface area contributed by atoms with E-state index in [2.05, 4.69) is 20.4 Å². The topological polar surface area (TPSA) is 102 Å². The number of amides is 1. The summed E-state index contributed by atoms with van der Waals surface area (Å²) >= 11 is 5.92. The summed E-state index contributed by atoms with van der Waals surface area (Å²) in [5.41, 5.74) is 7.27. The number of anilines is 2. The molecular formula is C19H19ClFN7O. The number of carbonyl (C=O) groups excluding carboxylic acids is 1. The minimum Gasteiger partial charge on any atom is -0.369 e. The normalized spacial score (nSPS) is 19.0. The second-order valence-electron chi connectivity index (χ2n) is 6.92. The molecule has 150 valence electrons. The number of likely N-dealkylation sites (tertiary alicyclic amines) is 1. The Morgan fingerprint density at radius 2 is 2.07 bits per heavy atom. The molecule has 1 aliphatic rings. The first-order valence-electron chi connectivity index (χ1n) is 9.01. The fourth-order valence-electron chi connectivity index (χ4n) is 3.62. The fraction of sp³-hybridized carbons (Fsp3) is 0.263. The monoisotopic (exact) mass is 415 g/mol. The van der Waals surface area contributed by atoms with Gasteiger partial charge in [-0.3, -0.25) is 4.79 Å². The average molecular weight is 416 g/mol. The number of halogens is 2. The van der Waals surface area contributed by atoms with Crippen LogP contribution in [0.1, 0.15) is 18.0 Å². The molecule has 1 aliphatic heterocycles. The highest BCUT2D eigenvalue weighted by Crippen LogP contribution is 2.37. The van der Waals surface area contributed by atoms with E-state index in [1.54, 1.807) is 41.0 Å². The SMILES string of the molecule is CN1C(=O)C[C@@H](CNc2cc(Cl)nc(N)n2)[C@@H]1c1cnn(-c2ccc(F)cc2)c1. The molecule has 3 aromatic rings. The van der Waals surface area contributed by atoms with E-state index in [-0.39, 0.29) is 34.8 Å². The van der Waals surface area contributed by atoms with Crippen molar-refractivity contribution < 1.29 is 9.18 Å². The van der Waals surface area contributed by atoms with Crippen LogP contribution < -0.4 is 11.1 Å². The lowest BCUT2D eigenvalue weighted by Crippen LogP contribution is -2.26. The Kier molecular flexibility index (Phi) is 5.06. The van der Waals surface area contributed by atoms with Gasteiger partial charge in [-0.25, -0.2) is 14.1 Å². The molecule has 1 saturated heterocycles. The Morgan fingerprint density at radius 3 is 2.79 bits per heavy atom. The van der Waals surface area contributed by atoms with Crippen molar-refractivity contribution in [2.45, 2.75) is 12.5 Å². The molecule has 3 heterocycles. The minimum atomic E-state index is -0.307. The maximum Gasteiger partial charge on any atom is 0.223 e. The van der Waals surface area contributed by atoms with Gasteiger partial charge in [-0.15, -0.1) is 0 Å². The first-order valence-corrected chi connectivity index (χ1v) is 9.38. The molecule has 8 nitrogen and oxygen atoms in total. The molecule has 4 rings (SSSR count). The summed E-state index contributed by atoms with van der Waals surface area (Å²) in [6.45, 7) is 0.495. The molecule has 0 bridgehead atoms. The summed E-state index contributed by atoms with van der Waals surface area (Å²) in [5.74, 6) is 0.325. The lowest BCUT2D eigenvalue weighted by molar-refractivity contribution is -0.127. The molecule has 10 heteroatoms. The predicted octanol–water partition coefficient (Wildman–Crippen LogP) is 2.67. The highest BCUT2D eigenvalue weighted by molar-refractivity contribution is 6.29. The van der Waals surface area contributed by atoms with Crippen LogP contribution in [0, 0.1) is 11.7 Å². The number of nitrogens with two attached hydrogens (primary N) is 1. The van der Waals surface area contributed by atoms with Crippen LogP contribution in [0.5, 0.6) is 0 Å². The van der Waals surface area contributed by atoms with Crippen LogP contribution >= 0.6 is 11.6 Å². The first kappa shape index (κ1) is 19.1. The molecule has 0 saturated carbocycles. The zero-order valence-electron chi connectivity index (χ0n) is 15.6. The van der Waals surface area contributed by atoms with Gasteiger partial charge in [0.2, 0.25) is 11.9 Å². The third kappa shape index (κ3) is 4.00. The Morgan fingerprint density at radius 1 is 1.31 bits per heavy atom. The van der Waals surface area contributed by atoms with Gasteiger partial charge in [0.15, 0.2) is 0 Å². The second kappa shape index (κ2) is 7.67. The lowest BCUT2D eigenvalue weighted by Gasteiger charge is -2.24. The van der Waals surface area contributed by atoms with Crippen LogP contribution in [0.2, 0.25) is 5.15 Å². The smallest absolute Gasteiger partial charge is 0.223 e. The first-order chi connectivity index (χ1) is 13.9. The van der Waals surface area contributed by atoms with Crippen LogP contribution in [-0.4, -0.2) is 44.1 Å². The van der Waals surface area contributed by atoms with Gasteiger partial charge < -0.3 is 16.0 Å². The van der Waals surface area contributed by atoms with Gasteiger partial charge in [-0.2, -0.15) is 10.1 Å². The zero-order valence-corrected chi connectivity index (χ0v) is 16.3. The van der Waals surface area contributed by atoms with Crippen LogP contribution in [0.15, 0.2) is 42.7 Å². The van der Waals surface area contributed by atoms with E-state index in [0.717, 1.165) is 11.3 Å². The summed E-state index contributed by atoms with van der Waals surface area (Å²) in [6.07, 6.45) is 3.99. The molecular weight excluding hydrogens is 397 g/mol. The standard InChI is InChI=1S/C19H19ClFN7O/c1-27-17(29)6-11(8-23-16-7-15(20)25-19(22)26-16)18(27)12-9-24-28(10-12)14-4-2-13(21)3-5-14/h2-5,7,9-11,18H,6,8H2,1H3,(H3,22,23,25,26)/t11-,18+/m0/s1. The Hall–Kier alpha value is -3.20. The quantitative estimate of drug-likeness (QED) is 0.621. The molecule has 0 spiro atoms. The van der Waals surface area contributed by atoms with Crippen molar-refractivity contribution in [2.75, 3.05) is 24.6 Å². The number of nitrogen functional groups attached to an aromatic ring is 1. The summed E-state index contributed by atoms with van der Waals surface area (Å²) in [5, 5.41) is 7.81. The molecule has 1 aromatic carbocycles. The summed E-state index contributed by atoms with van der Waals surface area (Å²) in [6, 6.07) is 7.50. The molecule has 2 aromatic heterocycles. The summed E-state index contributed by atoms with van der Waals surface area (Å²) < 4.78 is 14.8. The van der Waals surface area contributed by atoms with E-state index in [9.17, 15) is 9.18 Å². The molecule has 0 aliphatic carbocycles. The van der Waals surface area contributed by atoms with Gasteiger partial charge in [0, 0.05) is 43.8 Å². The van der Waals surface area contributed by atoms with Gasteiger partial charge in [0.25, 0.3) is 0 Å². The molecule has 3 N–H and O–H groups in total. The zero-order chi connectivity index (χ0) is 20.5. The van der Waals surface area contributed by atoms with Crippen molar-refractivity contribution >= 4 is 29.3 Å². The van der Waals surface area contributed by atoms with Gasteiger partial charge >= 0.3 is 0 Å². The van der Waals surface area contributed by atoms with Crippen molar-refractivity contribution in [1.29, 1.82) is 0 Å². The maximum absolute atomic E-state index is 13.2. The van der Waals surface area contributed by atoms with Gasteiger partial charge in [0.05, 0.1) is 17.9 Å². The minimum absolute atomic E-state index is 0.00617. The van der Waals surface area contributed by atoms with Gasteiger partial charge in [0.1, 0.15) is 16.8 Å². The van der Waals surface area contributed by atoms with Crippen LogP contribution in [0.3, 0.4) is 0 Å². The number of carbonyl (C=O) groups is 1. The Bertz CT molecular complexity index is 1020. The number of rotatable bonds is 5. The van der Waals surface area contributed by atoms with E-state index in [1.807, 2.05) is 6.20 Å². The summed E-state index contributed by atoms with van der Waals surface area (Å²) in [7, 11) is 1.78. The van der Waals surface area contributed by atoms with Crippen molar-refractivity contribution in [3.8, 4) is 5.69 Å². The highest BCUT2D eigenvalue weighted by Gasteiger charge is 2.39. The summed E-state index contributed by atoms with van der Waals surface area (Å²) in [4.78, 5) is 22.0. The highest BCUT2D eigenvalue weighted by atomic mass is 35.5. The third-order valence-corrected chi connectivity index (χ3v) is 5.18. The van der Waals surface area contributed by atoms with Crippen molar-refractivity contribution in [2.24, 2.45) is 5.92 Å². The number of hydrogen-bond donors (Lipinski definition) is 2. The number of nitrogens with one attached hydrogen (secondary N) is 1. The number of aromatic nitrogens is 4. The van der Waals surface area contributed by atoms with E-state index >= 15 is 0 Å². The number of nitrogens with zero attached hydrogens (tertiary/aromatic N) is 5. The van der Waals surface area contributed by atoms with Crippen molar-refractivity contribution in [1.82, 2.24) is 24.6 Å². The van der Waals surface area contributed by atoms with E-state index in [4.69, 9.17) is 17.3 Å². The van der Waals surface area contributed by atoms with Crippen LogP contribution in [-0.2, 0) is 4.79 Å². The Balaban J connectivity index is 1.54. The van der Waals surface area contributed by atoms with Crippen molar-refractivity contribution in [3.63, 3.8) is 0 Å². The number of benzene rings is 1. The lowest BCUT2D eigenvalue weighted by atomic mass is 9.96. The predicted molar refractivity (Wildman–Crippen MR) is 107 cm³/mol. The largest absolute Gasteiger partial charge is 0.369 e. The number of hydrogen-bond acceptors (Lipinski definition) is 6. The van der Waals surface area contributed by atoms with E-state index in [0.29, 0.717) is 18.8 Å². The molecule has 0 radical (unpaired) electrons. The second-order valence-corrected chi connectivity index (χ2v) is 7.31. The maximum atomic E-state index is 13.2. The van der Waals surface area contributed by atoms with Crippen LogP contribution in [0.4, 0.5) is 16.2 Å². The molecule has 0 unspecified atom stereocenters. The third-order valence-electron chi connectivity index (χ3n) is 4.99. The van der Waals surface area contributed by atoms with Crippen LogP contribution in [0.25, 0.3) is 5.69 Å². The Labute approximate surface area is 171 Å². The fourth-order valence-corrected chi connectivity index (χ4v) is 3.81. The average Bonchev–Trinajstić information content (AvgIpc) is 3.25. The molecule has 1 fully saturated rings. The van der Waals surface area contributed by atoms with Gasteiger partial charge in [-0.1, -0.05) is 11.6 Å². The molecule has 1 amide bonds. The van der Waals surface area contributed by atoms with E-state index in [1.165, 1.54) is 12.1 Å². The molecule has 29 heavy (non-hydrogen) atoms. The van der Waals surface area contributed by atoms with E-state index < -0.39 is 0 Å². The molecule has 2 atom stereocenters. The van der Waals surface area contributed by atoms with Crippen molar-refractivity contribution in [3.05, 3.63) is 59.3 Å².